The van der Waals surface area contributed by atoms with Crippen molar-refractivity contribution in [3.8, 4) is 0 Å². The van der Waals surface area contributed by atoms with E-state index in [0.717, 1.165) is 5.56 Å². The molecule has 0 spiro atoms. The molecule has 1 aromatic carbocycles. The zero-order valence-corrected chi connectivity index (χ0v) is 7.30. The van der Waals surface area contributed by atoms with Crippen molar-refractivity contribution in [2.24, 2.45) is 5.73 Å². The van der Waals surface area contributed by atoms with Gasteiger partial charge in [0, 0.05) is 19.2 Å². The Bertz CT molecular complexity index is 325. The lowest BCUT2D eigenvalue weighted by Crippen LogP contribution is -2.10. The molecule has 1 rings (SSSR count). The van der Waals surface area contributed by atoms with Crippen molar-refractivity contribution in [1.82, 2.24) is 0 Å². The molecule has 0 unspecified atom stereocenters. The van der Waals surface area contributed by atoms with Crippen molar-refractivity contribution in [2.45, 2.75) is 13.5 Å². The molecule has 13 heavy (non-hydrogen) atoms. The minimum absolute atomic E-state index is 0.236. The number of carbonyl (C=O) groups excluding carboxylic acids is 1. The fourth-order valence-electron chi connectivity index (χ4n) is 1.03. The van der Waals surface area contributed by atoms with Crippen LogP contribution in [0.15, 0.2) is 18.2 Å². The molecule has 0 bridgehead atoms. The summed E-state index contributed by atoms with van der Waals surface area (Å²) in [6.07, 6.45) is 0. The number of anilines is 1. The summed E-state index contributed by atoms with van der Waals surface area (Å²) in [4.78, 5) is 10.7. The van der Waals surface area contributed by atoms with Gasteiger partial charge in [0.1, 0.15) is 5.82 Å². The Morgan fingerprint density at radius 1 is 1.62 bits per heavy atom. The first-order valence-electron chi connectivity index (χ1n) is 3.89. The van der Waals surface area contributed by atoms with Crippen LogP contribution in [0.1, 0.15) is 12.5 Å². The molecule has 3 N–H and O–H groups in total. The maximum atomic E-state index is 12.7. The Morgan fingerprint density at radius 3 is 2.85 bits per heavy atom. The average Bonchev–Trinajstić information content (AvgIpc) is 2.03. The second-order valence-electron chi connectivity index (χ2n) is 2.69. The van der Waals surface area contributed by atoms with Crippen molar-refractivity contribution in [3.05, 3.63) is 29.6 Å². The molecule has 0 aromatic heterocycles. The first-order valence-corrected chi connectivity index (χ1v) is 3.89. The van der Waals surface area contributed by atoms with Crippen LogP contribution in [0.25, 0.3) is 0 Å². The van der Waals surface area contributed by atoms with Gasteiger partial charge in [-0.3, -0.25) is 4.79 Å². The molecule has 0 fully saturated rings. The molecular formula is C9H11FN2O. The Labute approximate surface area is 75.7 Å². The third kappa shape index (κ3) is 2.52. The summed E-state index contributed by atoms with van der Waals surface area (Å²) in [7, 11) is 0. The highest BCUT2D eigenvalue weighted by Crippen LogP contribution is 2.16. The number of carbonyl (C=O) groups is 1. The highest BCUT2D eigenvalue weighted by Gasteiger charge is 2.03. The minimum Gasteiger partial charge on any atom is -0.326 e. The summed E-state index contributed by atoms with van der Waals surface area (Å²) in [6.45, 7) is 1.64. The molecule has 0 atom stereocenters. The van der Waals surface area contributed by atoms with E-state index in [0.29, 0.717) is 5.69 Å². The molecule has 1 amide bonds. The summed E-state index contributed by atoms with van der Waals surface area (Å²) in [5.41, 5.74) is 6.56. The van der Waals surface area contributed by atoms with E-state index in [1.807, 2.05) is 0 Å². The van der Waals surface area contributed by atoms with Crippen LogP contribution in [-0.4, -0.2) is 5.91 Å². The van der Waals surface area contributed by atoms with E-state index in [2.05, 4.69) is 5.32 Å². The molecule has 0 aliphatic heterocycles. The van der Waals surface area contributed by atoms with Gasteiger partial charge in [0.15, 0.2) is 0 Å². The average molecular weight is 182 g/mol. The molecule has 4 heteroatoms. The van der Waals surface area contributed by atoms with Gasteiger partial charge in [-0.2, -0.15) is 0 Å². The van der Waals surface area contributed by atoms with E-state index < -0.39 is 0 Å². The van der Waals surface area contributed by atoms with Crippen LogP contribution in [0.3, 0.4) is 0 Å². The van der Waals surface area contributed by atoms with E-state index in [1.165, 1.54) is 19.1 Å². The molecule has 0 saturated carbocycles. The standard InChI is InChI=1S/C9H11FN2O/c1-6(13)12-9-4-8(10)3-2-7(9)5-11/h2-4H,5,11H2,1H3,(H,12,13). The molecule has 1 aromatic rings. The van der Waals surface area contributed by atoms with Crippen LogP contribution in [-0.2, 0) is 11.3 Å². The van der Waals surface area contributed by atoms with Crippen molar-refractivity contribution in [1.29, 1.82) is 0 Å². The minimum atomic E-state index is -0.388. The first kappa shape index (κ1) is 9.67. The van der Waals surface area contributed by atoms with Crippen LogP contribution in [0, 0.1) is 5.82 Å². The van der Waals surface area contributed by atoms with Gasteiger partial charge in [0.2, 0.25) is 5.91 Å². The summed E-state index contributed by atoms with van der Waals surface area (Å²) in [5.74, 6) is -0.624. The highest BCUT2D eigenvalue weighted by molar-refractivity contribution is 5.89. The number of hydrogen-bond acceptors (Lipinski definition) is 2. The summed E-state index contributed by atoms with van der Waals surface area (Å²) in [5, 5.41) is 2.51. The zero-order chi connectivity index (χ0) is 9.84. The molecule has 0 radical (unpaired) electrons. The number of hydrogen-bond donors (Lipinski definition) is 2. The van der Waals surface area contributed by atoms with Crippen LogP contribution >= 0.6 is 0 Å². The molecule has 0 saturated heterocycles. The van der Waals surface area contributed by atoms with Gasteiger partial charge < -0.3 is 11.1 Å². The molecule has 0 aliphatic rings. The first-order chi connectivity index (χ1) is 6.13. The number of amides is 1. The maximum Gasteiger partial charge on any atom is 0.221 e. The normalized spacial score (nSPS) is 9.77. The quantitative estimate of drug-likeness (QED) is 0.723. The number of benzene rings is 1. The predicted molar refractivity (Wildman–Crippen MR) is 48.6 cm³/mol. The van der Waals surface area contributed by atoms with Gasteiger partial charge in [0.05, 0.1) is 0 Å². The van der Waals surface area contributed by atoms with Crippen molar-refractivity contribution in [2.75, 3.05) is 5.32 Å². The third-order valence-corrected chi connectivity index (χ3v) is 1.60. The maximum absolute atomic E-state index is 12.7. The molecule has 0 heterocycles. The van der Waals surface area contributed by atoms with Crippen molar-refractivity contribution >= 4 is 11.6 Å². The third-order valence-electron chi connectivity index (χ3n) is 1.60. The van der Waals surface area contributed by atoms with Gasteiger partial charge in [-0.05, 0) is 17.7 Å². The number of halogens is 1. The Kier molecular flexibility index (Phi) is 2.97. The van der Waals surface area contributed by atoms with Crippen molar-refractivity contribution < 1.29 is 9.18 Å². The van der Waals surface area contributed by atoms with Gasteiger partial charge in [-0.1, -0.05) is 6.07 Å². The molecule has 0 aliphatic carbocycles. The predicted octanol–water partition coefficient (Wildman–Crippen LogP) is 1.24. The molecule has 70 valence electrons. The zero-order valence-electron chi connectivity index (χ0n) is 7.30. The van der Waals surface area contributed by atoms with E-state index in [-0.39, 0.29) is 18.3 Å². The van der Waals surface area contributed by atoms with E-state index >= 15 is 0 Å². The van der Waals surface area contributed by atoms with Crippen LogP contribution in [0.5, 0.6) is 0 Å². The Balaban J connectivity index is 3.01. The van der Waals surface area contributed by atoms with Crippen LogP contribution in [0.2, 0.25) is 0 Å². The number of rotatable bonds is 2. The van der Waals surface area contributed by atoms with Crippen LogP contribution < -0.4 is 11.1 Å². The second kappa shape index (κ2) is 4.00. The lowest BCUT2D eigenvalue weighted by atomic mass is 10.1. The molecule has 3 nitrogen and oxygen atoms in total. The van der Waals surface area contributed by atoms with E-state index in [4.69, 9.17) is 5.73 Å². The Morgan fingerprint density at radius 2 is 2.31 bits per heavy atom. The topological polar surface area (TPSA) is 55.1 Å². The fraction of sp³-hybridized carbons (Fsp3) is 0.222. The van der Waals surface area contributed by atoms with Gasteiger partial charge >= 0.3 is 0 Å². The number of nitrogens with two attached hydrogens (primary N) is 1. The molecular weight excluding hydrogens is 171 g/mol. The smallest absolute Gasteiger partial charge is 0.221 e. The lowest BCUT2D eigenvalue weighted by Gasteiger charge is -2.07. The van der Waals surface area contributed by atoms with E-state index in [1.54, 1.807) is 6.07 Å². The summed E-state index contributed by atoms with van der Waals surface area (Å²) < 4.78 is 12.7. The van der Waals surface area contributed by atoms with Crippen LogP contribution in [0.4, 0.5) is 10.1 Å². The highest BCUT2D eigenvalue weighted by atomic mass is 19.1. The SMILES string of the molecule is CC(=O)Nc1cc(F)ccc1CN. The monoisotopic (exact) mass is 182 g/mol. The lowest BCUT2D eigenvalue weighted by molar-refractivity contribution is -0.114. The fourth-order valence-corrected chi connectivity index (χ4v) is 1.03. The van der Waals surface area contributed by atoms with Gasteiger partial charge in [-0.25, -0.2) is 4.39 Å². The van der Waals surface area contributed by atoms with E-state index in [9.17, 15) is 9.18 Å². The van der Waals surface area contributed by atoms with Gasteiger partial charge in [-0.15, -0.1) is 0 Å². The largest absolute Gasteiger partial charge is 0.326 e. The summed E-state index contributed by atoms with van der Waals surface area (Å²) >= 11 is 0. The Hall–Kier alpha value is -1.42. The second-order valence-corrected chi connectivity index (χ2v) is 2.69. The van der Waals surface area contributed by atoms with Crippen molar-refractivity contribution in [3.63, 3.8) is 0 Å². The van der Waals surface area contributed by atoms with Gasteiger partial charge in [0.25, 0.3) is 0 Å². The summed E-state index contributed by atoms with van der Waals surface area (Å²) in [6, 6.07) is 4.12. The number of nitrogens with one attached hydrogen (secondary N) is 1.